The highest BCUT2D eigenvalue weighted by Crippen LogP contribution is 2.28. The molecule has 3 nitrogen and oxygen atoms in total. The summed E-state index contributed by atoms with van der Waals surface area (Å²) in [5.41, 5.74) is 1.39. The second kappa shape index (κ2) is 4.65. The van der Waals surface area contributed by atoms with Gasteiger partial charge in [0.2, 0.25) is 0 Å². The molecule has 0 aliphatic heterocycles. The van der Waals surface area contributed by atoms with Crippen LogP contribution in [-0.2, 0) is 0 Å². The summed E-state index contributed by atoms with van der Waals surface area (Å²) < 4.78 is 19.4. The van der Waals surface area contributed by atoms with Crippen molar-refractivity contribution in [3.8, 4) is 17.0 Å². The summed E-state index contributed by atoms with van der Waals surface area (Å²) in [6.45, 7) is 2.26. The predicted octanol–water partition coefficient (Wildman–Crippen LogP) is 3.38. The van der Waals surface area contributed by atoms with E-state index in [1.165, 1.54) is 6.07 Å². The second-order valence-electron chi connectivity index (χ2n) is 3.14. The molecule has 1 N–H and O–H groups in total. The van der Waals surface area contributed by atoms with Crippen molar-refractivity contribution >= 4 is 15.9 Å². The van der Waals surface area contributed by atoms with E-state index in [0.29, 0.717) is 17.9 Å². The monoisotopic (exact) mass is 284 g/mol. The quantitative estimate of drug-likeness (QED) is 0.938. The van der Waals surface area contributed by atoms with E-state index in [-0.39, 0.29) is 11.6 Å². The first kappa shape index (κ1) is 11.1. The number of aromatic nitrogens is 2. The molecule has 0 atom stereocenters. The van der Waals surface area contributed by atoms with E-state index in [4.69, 9.17) is 4.74 Å². The minimum absolute atomic E-state index is 0.262. The molecule has 0 radical (unpaired) electrons. The van der Waals surface area contributed by atoms with Gasteiger partial charge >= 0.3 is 0 Å². The van der Waals surface area contributed by atoms with Crippen molar-refractivity contribution in [2.75, 3.05) is 6.61 Å². The fraction of sp³-hybridized carbons (Fsp3) is 0.182. The average Bonchev–Trinajstić information content (AvgIpc) is 2.68. The summed E-state index contributed by atoms with van der Waals surface area (Å²) in [5, 5.41) is 0. The van der Waals surface area contributed by atoms with Gasteiger partial charge in [-0.05, 0) is 41.1 Å². The smallest absolute Gasteiger partial charge is 0.165 e. The summed E-state index contributed by atoms with van der Waals surface area (Å²) >= 11 is 3.31. The van der Waals surface area contributed by atoms with Crippen molar-refractivity contribution < 1.29 is 9.13 Å². The Morgan fingerprint density at radius 1 is 1.50 bits per heavy atom. The van der Waals surface area contributed by atoms with Crippen molar-refractivity contribution in [2.24, 2.45) is 0 Å². The molecule has 1 aromatic carbocycles. The molecule has 2 rings (SSSR count). The van der Waals surface area contributed by atoms with E-state index in [1.807, 2.05) is 6.92 Å². The number of ether oxygens (including phenoxy) is 1. The predicted molar refractivity (Wildman–Crippen MR) is 62.9 cm³/mol. The lowest BCUT2D eigenvalue weighted by Gasteiger charge is -2.05. The Labute approximate surface area is 101 Å². The summed E-state index contributed by atoms with van der Waals surface area (Å²) in [6, 6.07) is 4.79. The van der Waals surface area contributed by atoms with E-state index in [2.05, 4.69) is 25.9 Å². The van der Waals surface area contributed by atoms with Crippen molar-refractivity contribution in [3.63, 3.8) is 0 Å². The van der Waals surface area contributed by atoms with Gasteiger partial charge in [0.1, 0.15) is 10.3 Å². The fourth-order valence-corrected chi connectivity index (χ4v) is 1.83. The Morgan fingerprint density at radius 3 is 2.88 bits per heavy atom. The van der Waals surface area contributed by atoms with Crippen LogP contribution in [0.5, 0.6) is 5.75 Å². The summed E-state index contributed by atoms with van der Waals surface area (Å²) in [6.07, 6.45) is 1.55. The average molecular weight is 285 g/mol. The lowest BCUT2D eigenvalue weighted by molar-refractivity contribution is 0.321. The largest absolute Gasteiger partial charge is 0.491 e. The molecule has 0 bridgehead atoms. The number of nitrogens with one attached hydrogen (secondary N) is 1. The Morgan fingerprint density at radius 2 is 2.31 bits per heavy atom. The summed E-state index contributed by atoms with van der Waals surface area (Å²) in [4.78, 5) is 6.97. The lowest BCUT2D eigenvalue weighted by atomic mass is 10.1. The van der Waals surface area contributed by atoms with Crippen LogP contribution in [0.25, 0.3) is 11.3 Å². The molecule has 5 heteroatoms. The third kappa shape index (κ3) is 2.09. The molecule has 1 heterocycles. The third-order valence-electron chi connectivity index (χ3n) is 2.10. The maximum Gasteiger partial charge on any atom is 0.165 e. The summed E-state index contributed by atoms with van der Waals surface area (Å²) in [5.74, 6) is -0.118. The Hall–Kier alpha value is -1.36. The molecule has 0 aliphatic rings. The van der Waals surface area contributed by atoms with Crippen LogP contribution < -0.4 is 4.74 Å². The number of benzene rings is 1. The van der Waals surface area contributed by atoms with Gasteiger partial charge in [0.15, 0.2) is 11.6 Å². The molecule has 0 amide bonds. The zero-order valence-corrected chi connectivity index (χ0v) is 10.2. The Kier molecular flexibility index (Phi) is 3.24. The molecule has 1 aromatic heterocycles. The Bertz CT molecular complexity index is 498. The van der Waals surface area contributed by atoms with Gasteiger partial charge in [0, 0.05) is 5.56 Å². The molecular weight excluding hydrogens is 275 g/mol. The molecule has 0 saturated heterocycles. The molecule has 0 spiro atoms. The van der Waals surface area contributed by atoms with E-state index in [0.717, 1.165) is 4.60 Å². The minimum Gasteiger partial charge on any atom is -0.491 e. The molecule has 2 aromatic rings. The number of nitrogens with zero attached hydrogens (tertiary/aromatic N) is 1. The van der Waals surface area contributed by atoms with E-state index in [9.17, 15) is 4.39 Å². The van der Waals surface area contributed by atoms with Crippen LogP contribution >= 0.6 is 15.9 Å². The van der Waals surface area contributed by atoms with Crippen molar-refractivity contribution in [2.45, 2.75) is 6.92 Å². The number of imidazole rings is 1. The first-order valence-corrected chi connectivity index (χ1v) is 5.63. The molecule has 0 aliphatic carbocycles. The van der Waals surface area contributed by atoms with E-state index >= 15 is 0 Å². The minimum atomic E-state index is -0.380. The number of halogens is 2. The first-order valence-electron chi connectivity index (χ1n) is 4.84. The van der Waals surface area contributed by atoms with E-state index in [1.54, 1.807) is 18.5 Å². The van der Waals surface area contributed by atoms with Crippen molar-refractivity contribution in [3.05, 3.63) is 34.9 Å². The number of hydrogen-bond acceptors (Lipinski definition) is 2. The standard InChI is InChI=1S/C11H10BrFN2O/c1-2-16-9-4-3-7(5-8(9)13)10-11(12)15-6-14-10/h3-6H,2H2,1H3,(H,14,15). The van der Waals surface area contributed by atoms with Crippen molar-refractivity contribution in [1.82, 2.24) is 9.97 Å². The van der Waals surface area contributed by atoms with Crippen LogP contribution in [-0.4, -0.2) is 16.6 Å². The number of rotatable bonds is 3. The molecule has 0 fully saturated rings. The number of aromatic amines is 1. The zero-order valence-electron chi connectivity index (χ0n) is 8.63. The highest BCUT2D eigenvalue weighted by atomic mass is 79.9. The number of H-pyrrole nitrogens is 1. The SMILES string of the molecule is CCOc1ccc(-c2nc[nH]c2Br)cc1F. The number of hydrogen-bond donors (Lipinski definition) is 1. The molecule has 84 valence electrons. The normalized spacial score (nSPS) is 10.4. The highest BCUT2D eigenvalue weighted by Gasteiger charge is 2.09. The van der Waals surface area contributed by atoms with Gasteiger partial charge in [-0.1, -0.05) is 0 Å². The van der Waals surface area contributed by atoms with Crippen LogP contribution in [0, 0.1) is 5.82 Å². The van der Waals surface area contributed by atoms with Crippen LogP contribution in [0.15, 0.2) is 29.1 Å². The fourth-order valence-electron chi connectivity index (χ4n) is 1.40. The van der Waals surface area contributed by atoms with Crippen LogP contribution in [0.2, 0.25) is 0 Å². The van der Waals surface area contributed by atoms with Gasteiger partial charge in [-0.25, -0.2) is 9.37 Å². The van der Waals surface area contributed by atoms with Gasteiger partial charge < -0.3 is 9.72 Å². The molecular formula is C11H10BrFN2O. The van der Waals surface area contributed by atoms with Gasteiger partial charge in [-0.3, -0.25) is 0 Å². The van der Waals surface area contributed by atoms with Gasteiger partial charge in [0.05, 0.1) is 12.9 Å². The maximum absolute atomic E-state index is 13.6. The summed E-state index contributed by atoms with van der Waals surface area (Å²) in [7, 11) is 0. The highest BCUT2D eigenvalue weighted by molar-refractivity contribution is 9.10. The lowest BCUT2D eigenvalue weighted by Crippen LogP contribution is -1.94. The second-order valence-corrected chi connectivity index (χ2v) is 3.94. The van der Waals surface area contributed by atoms with Crippen LogP contribution in [0.1, 0.15) is 6.92 Å². The molecule has 16 heavy (non-hydrogen) atoms. The van der Waals surface area contributed by atoms with Crippen LogP contribution in [0.3, 0.4) is 0 Å². The molecule has 0 saturated carbocycles. The Balaban J connectivity index is 2.38. The first-order chi connectivity index (χ1) is 7.72. The van der Waals surface area contributed by atoms with Gasteiger partial charge in [0.25, 0.3) is 0 Å². The maximum atomic E-state index is 13.6. The molecule has 0 unspecified atom stereocenters. The zero-order chi connectivity index (χ0) is 11.5. The van der Waals surface area contributed by atoms with Gasteiger partial charge in [-0.15, -0.1) is 0 Å². The van der Waals surface area contributed by atoms with Crippen molar-refractivity contribution in [1.29, 1.82) is 0 Å². The van der Waals surface area contributed by atoms with Gasteiger partial charge in [-0.2, -0.15) is 0 Å². The van der Waals surface area contributed by atoms with Crippen LogP contribution in [0.4, 0.5) is 4.39 Å². The third-order valence-corrected chi connectivity index (χ3v) is 2.70. The van der Waals surface area contributed by atoms with E-state index < -0.39 is 0 Å². The topological polar surface area (TPSA) is 37.9 Å².